The topological polar surface area (TPSA) is 46.3 Å². The van der Waals surface area contributed by atoms with Crippen LogP contribution in [0.1, 0.15) is 38.3 Å². The molecule has 0 spiro atoms. The van der Waals surface area contributed by atoms with Crippen LogP contribution < -0.4 is 5.73 Å². The Balaban J connectivity index is 2.87. The summed E-state index contributed by atoms with van der Waals surface area (Å²) >= 11 is 0. The molecule has 0 saturated heterocycles. The Morgan fingerprint density at radius 3 is 2.53 bits per heavy atom. The SMILES string of the molecule is CCN(Cc1cccc(C)c1)C(=O)C(C)(CC)CN. The van der Waals surface area contributed by atoms with E-state index in [0.717, 1.165) is 6.42 Å². The highest BCUT2D eigenvalue weighted by Crippen LogP contribution is 2.23. The number of benzene rings is 1. The van der Waals surface area contributed by atoms with Gasteiger partial charge in [0.15, 0.2) is 0 Å². The number of carbonyl (C=O) groups is 1. The Hall–Kier alpha value is -1.35. The number of rotatable bonds is 6. The summed E-state index contributed by atoms with van der Waals surface area (Å²) in [5.74, 6) is 0.154. The van der Waals surface area contributed by atoms with Gasteiger partial charge in [0.1, 0.15) is 0 Å². The molecule has 0 bridgehead atoms. The quantitative estimate of drug-likeness (QED) is 0.857. The summed E-state index contributed by atoms with van der Waals surface area (Å²) in [5, 5.41) is 0. The molecule has 19 heavy (non-hydrogen) atoms. The Kier molecular flexibility index (Phi) is 5.55. The van der Waals surface area contributed by atoms with Crippen LogP contribution in [0.15, 0.2) is 24.3 Å². The number of nitrogens with zero attached hydrogens (tertiary/aromatic N) is 1. The monoisotopic (exact) mass is 262 g/mol. The van der Waals surface area contributed by atoms with Crippen molar-refractivity contribution in [1.29, 1.82) is 0 Å². The van der Waals surface area contributed by atoms with Gasteiger partial charge >= 0.3 is 0 Å². The second-order valence-electron chi connectivity index (χ2n) is 5.43. The number of hydrogen-bond acceptors (Lipinski definition) is 2. The van der Waals surface area contributed by atoms with Crippen molar-refractivity contribution in [2.45, 2.75) is 40.7 Å². The predicted octanol–water partition coefficient (Wildman–Crippen LogP) is 2.72. The van der Waals surface area contributed by atoms with Crippen LogP contribution in [-0.4, -0.2) is 23.9 Å². The Bertz CT molecular complexity index is 425. The van der Waals surface area contributed by atoms with Crippen molar-refractivity contribution in [3.05, 3.63) is 35.4 Å². The molecule has 3 nitrogen and oxygen atoms in total. The van der Waals surface area contributed by atoms with Gasteiger partial charge in [-0.3, -0.25) is 4.79 Å². The first-order chi connectivity index (χ1) is 8.96. The van der Waals surface area contributed by atoms with Gasteiger partial charge in [0.25, 0.3) is 0 Å². The molecule has 0 aliphatic heterocycles. The van der Waals surface area contributed by atoms with E-state index in [0.29, 0.717) is 19.6 Å². The summed E-state index contributed by atoms with van der Waals surface area (Å²) in [6.07, 6.45) is 0.770. The fourth-order valence-corrected chi connectivity index (χ4v) is 2.12. The van der Waals surface area contributed by atoms with Crippen molar-refractivity contribution >= 4 is 5.91 Å². The van der Waals surface area contributed by atoms with Crippen molar-refractivity contribution in [2.24, 2.45) is 11.1 Å². The van der Waals surface area contributed by atoms with Gasteiger partial charge in [-0.25, -0.2) is 0 Å². The normalized spacial score (nSPS) is 13.9. The summed E-state index contributed by atoms with van der Waals surface area (Å²) < 4.78 is 0. The average Bonchev–Trinajstić information content (AvgIpc) is 2.43. The first kappa shape index (κ1) is 15.7. The van der Waals surface area contributed by atoms with Crippen molar-refractivity contribution < 1.29 is 4.79 Å². The van der Waals surface area contributed by atoms with Gasteiger partial charge in [-0.15, -0.1) is 0 Å². The molecule has 0 radical (unpaired) electrons. The van der Waals surface area contributed by atoms with Crippen LogP contribution in [0.4, 0.5) is 0 Å². The molecule has 0 aromatic heterocycles. The van der Waals surface area contributed by atoms with Crippen molar-refractivity contribution in [1.82, 2.24) is 4.90 Å². The molecule has 0 aliphatic carbocycles. The minimum atomic E-state index is -0.445. The van der Waals surface area contributed by atoms with E-state index in [1.807, 2.05) is 31.7 Å². The molecule has 0 aliphatic rings. The molecule has 0 heterocycles. The number of nitrogens with two attached hydrogens (primary N) is 1. The van der Waals surface area contributed by atoms with E-state index in [1.165, 1.54) is 11.1 Å². The van der Waals surface area contributed by atoms with Crippen LogP contribution in [0.3, 0.4) is 0 Å². The van der Waals surface area contributed by atoms with Gasteiger partial charge in [-0.2, -0.15) is 0 Å². The lowest BCUT2D eigenvalue weighted by molar-refractivity contribution is -0.141. The Morgan fingerprint density at radius 1 is 1.37 bits per heavy atom. The van der Waals surface area contributed by atoms with E-state index in [-0.39, 0.29) is 5.91 Å². The lowest BCUT2D eigenvalue weighted by Crippen LogP contribution is -2.45. The zero-order valence-corrected chi connectivity index (χ0v) is 12.6. The molecule has 1 amide bonds. The zero-order chi connectivity index (χ0) is 14.5. The molecular weight excluding hydrogens is 236 g/mol. The summed E-state index contributed by atoms with van der Waals surface area (Å²) in [6.45, 7) is 9.82. The number of amides is 1. The second kappa shape index (κ2) is 6.71. The highest BCUT2D eigenvalue weighted by Gasteiger charge is 2.33. The molecule has 0 saturated carbocycles. The van der Waals surface area contributed by atoms with E-state index in [2.05, 4.69) is 25.1 Å². The summed E-state index contributed by atoms with van der Waals surface area (Å²) in [6, 6.07) is 8.29. The fraction of sp³-hybridized carbons (Fsp3) is 0.562. The number of hydrogen-bond donors (Lipinski definition) is 1. The lowest BCUT2D eigenvalue weighted by atomic mass is 9.86. The first-order valence-corrected chi connectivity index (χ1v) is 7.01. The maximum absolute atomic E-state index is 12.6. The fourth-order valence-electron chi connectivity index (χ4n) is 2.12. The van der Waals surface area contributed by atoms with E-state index in [9.17, 15) is 4.79 Å². The maximum Gasteiger partial charge on any atom is 0.230 e. The standard InChI is InChI=1S/C16H26N2O/c1-5-16(4,12-17)15(19)18(6-2)11-14-9-7-8-13(3)10-14/h7-10H,5-6,11-12,17H2,1-4H3. The van der Waals surface area contributed by atoms with Gasteiger partial charge in [0, 0.05) is 19.6 Å². The molecule has 0 fully saturated rings. The Labute approximate surface area is 116 Å². The third kappa shape index (κ3) is 3.80. The van der Waals surface area contributed by atoms with Crippen LogP contribution in [0.5, 0.6) is 0 Å². The number of aryl methyl sites for hydroxylation is 1. The summed E-state index contributed by atoms with van der Waals surface area (Å²) in [7, 11) is 0. The summed E-state index contributed by atoms with van der Waals surface area (Å²) in [4.78, 5) is 14.5. The molecule has 1 atom stereocenters. The van der Waals surface area contributed by atoms with Gasteiger partial charge in [-0.1, -0.05) is 36.8 Å². The molecule has 1 aromatic rings. The van der Waals surface area contributed by atoms with Crippen LogP contribution in [-0.2, 0) is 11.3 Å². The third-order valence-electron chi connectivity index (χ3n) is 3.87. The highest BCUT2D eigenvalue weighted by molar-refractivity contribution is 5.82. The maximum atomic E-state index is 12.6. The smallest absolute Gasteiger partial charge is 0.230 e. The van der Waals surface area contributed by atoms with Gasteiger partial charge < -0.3 is 10.6 Å². The van der Waals surface area contributed by atoms with Crippen molar-refractivity contribution in [3.8, 4) is 0 Å². The second-order valence-corrected chi connectivity index (χ2v) is 5.43. The average molecular weight is 262 g/mol. The third-order valence-corrected chi connectivity index (χ3v) is 3.87. The molecular formula is C16H26N2O. The minimum Gasteiger partial charge on any atom is -0.338 e. The molecule has 3 heteroatoms. The molecule has 1 aromatic carbocycles. The van der Waals surface area contributed by atoms with Crippen LogP contribution >= 0.6 is 0 Å². The zero-order valence-electron chi connectivity index (χ0n) is 12.6. The van der Waals surface area contributed by atoms with Gasteiger partial charge in [-0.05, 0) is 32.8 Å². The van der Waals surface area contributed by atoms with E-state index in [4.69, 9.17) is 5.73 Å². The predicted molar refractivity (Wildman–Crippen MR) is 79.7 cm³/mol. The van der Waals surface area contributed by atoms with Gasteiger partial charge in [0.05, 0.1) is 5.41 Å². The molecule has 2 N–H and O–H groups in total. The van der Waals surface area contributed by atoms with Crippen molar-refractivity contribution in [3.63, 3.8) is 0 Å². The summed E-state index contributed by atoms with van der Waals surface area (Å²) in [5.41, 5.74) is 7.73. The van der Waals surface area contributed by atoms with Crippen LogP contribution in [0, 0.1) is 12.3 Å². The van der Waals surface area contributed by atoms with Crippen LogP contribution in [0.25, 0.3) is 0 Å². The molecule has 1 unspecified atom stereocenters. The molecule has 1 rings (SSSR count). The van der Waals surface area contributed by atoms with Crippen LogP contribution in [0.2, 0.25) is 0 Å². The first-order valence-electron chi connectivity index (χ1n) is 7.01. The van der Waals surface area contributed by atoms with E-state index >= 15 is 0 Å². The lowest BCUT2D eigenvalue weighted by Gasteiger charge is -2.32. The largest absolute Gasteiger partial charge is 0.338 e. The van der Waals surface area contributed by atoms with E-state index < -0.39 is 5.41 Å². The Morgan fingerprint density at radius 2 is 2.05 bits per heavy atom. The van der Waals surface area contributed by atoms with Crippen molar-refractivity contribution in [2.75, 3.05) is 13.1 Å². The highest BCUT2D eigenvalue weighted by atomic mass is 16.2. The molecule has 106 valence electrons. The van der Waals surface area contributed by atoms with E-state index in [1.54, 1.807) is 0 Å². The minimum absolute atomic E-state index is 0.154. The number of carbonyl (C=O) groups excluding carboxylic acids is 1. The van der Waals surface area contributed by atoms with Gasteiger partial charge in [0.2, 0.25) is 5.91 Å².